The molecule has 30 heavy (non-hydrogen) atoms. The first-order valence-corrected chi connectivity index (χ1v) is 9.76. The average molecular weight is 424 g/mol. The zero-order chi connectivity index (χ0) is 21.3. The van der Waals surface area contributed by atoms with E-state index in [1.54, 1.807) is 36.4 Å². The fraction of sp³-hybridized carbons (Fsp3) is 0.130. The van der Waals surface area contributed by atoms with Crippen LogP contribution in [0.15, 0.2) is 71.8 Å². The molecule has 0 aromatic heterocycles. The first-order valence-electron chi connectivity index (χ1n) is 9.39. The Labute approximate surface area is 180 Å². The van der Waals surface area contributed by atoms with Crippen LogP contribution in [0, 0.1) is 0 Å². The number of hydrogen-bond donors (Lipinski definition) is 2. The molecule has 0 fully saturated rings. The van der Waals surface area contributed by atoms with Crippen molar-refractivity contribution in [3.63, 3.8) is 0 Å². The minimum Gasteiger partial charge on any atom is -0.490 e. The number of rotatable bonds is 8. The lowest BCUT2D eigenvalue weighted by Gasteiger charge is -2.13. The van der Waals surface area contributed by atoms with Gasteiger partial charge in [-0.1, -0.05) is 35.9 Å². The minimum absolute atomic E-state index is 0.364. The first kappa shape index (κ1) is 21.2. The van der Waals surface area contributed by atoms with Crippen LogP contribution in [0.2, 0.25) is 5.02 Å². The minimum atomic E-state index is -0.379. The number of nitrogen functional groups attached to an aromatic ring is 1. The maximum absolute atomic E-state index is 12.2. The number of nitrogens with zero attached hydrogens (tertiary/aromatic N) is 1. The molecular formula is C23H22ClN3O3. The van der Waals surface area contributed by atoms with Gasteiger partial charge >= 0.3 is 0 Å². The van der Waals surface area contributed by atoms with Gasteiger partial charge in [-0.2, -0.15) is 5.10 Å². The van der Waals surface area contributed by atoms with Gasteiger partial charge in [0, 0.05) is 10.7 Å². The van der Waals surface area contributed by atoms with Gasteiger partial charge in [0.25, 0.3) is 5.91 Å². The Kier molecular flexibility index (Phi) is 7.29. The molecule has 0 radical (unpaired) electrons. The third-order valence-corrected chi connectivity index (χ3v) is 4.37. The Balaban J connectivity index is 1.67. The summed E-state index contributed by atoms with van der Waals surface area (Å²) in [7, 11) is 0. The van der Waals surface area contributed by atoms with Gasteiger partial charge in [-0.3, -0.25) is 4.79 Å². The lowest BCUT2D eigenvalue weighted by molar-refractivity contribution is 0.0956. The van der Waals surface area contributed by atoms with Crippen molar-refractivity contribution in [1.29, 1.82) is 0 Å². The summed E-state index contributed by atoms with van der Waals surface area (Å²) in [5.41, 5.74) is 10.7. The van der Waals surface area contributed by atoms with Crippen LogP contribution in [0.3, 0.4) is 0 Å². The molecule has 3 aromatic carbocycles. The summed E-state index contributed by atoms with van der Waals surface area (Å²) in [6.45, 7) is 2.74. The van der Waals surface area contributed by atoms with Crippen LogP contribution in [0.5, 0.6) is 11.5 Å². The number of hydrogen-bond acceptors (Lipinski definition) is 5. The summed E-state index contributed by atoms with van der Waals surface area (Å²) in [5, 5.41) is 4.66. The molecule has 3 aromatic rings. The molecule has 0 spiro atoms. The van der Waals surface area contributed by atoms with Gasteiger partial charge < -0.3 is 15.2 Å². The zero-order valence-corrected chi connectivity index (χ0v) is 17.2. The molecule has 3 N–H and O–H groups in total. The lowest BCUT2D eigenvalue weighted by atomic mass is 10.2. The molecule has 0 unspecified atom stereocenters. The first-order chi connectivity index (χ1) is 14.6. The van der Waals surface area contributed by atoms with Gasteiger partial charge in [-0.05, 0) is 60.5 Å². The third-order valence-electron chi connectivity index (χ3n) is 4.14. The van der Waals surface area contributed by atoms with Crippen molar-refractivity contribution in [2.45, 2.75) is 13.5 Å². The molecule has 1 amide bonds. The molecule has 0 atom stereocenters. The van der Waals surface area contributed by atoms with Crippen molar-refractivity contribution < 1.29 is 14.3 Å². The summed E-state index contributed by atoms with van der Waals surface area (Å²) < 4.78 is 11.6. The highest BCUT2D eigenvalue weighted by atomic mass is 35.5. The molecule has 154 valence electrons. The zero-order valence-electron chi connectivity index (χ0n) is 16.5. The summed E-state index contributed by atoms with van der Waals surface area (Å²) in [5.74, 6) is 0.813. The van der Waals surface area contributed by atoms with Gasteiger partial charge in [-0.25, -0.2) is 5.43 Å². The molecule has 0 aliphatic rings. The summed E-state index contributed by atoms with van der Waals surface area (Å²) in [6.07, 6.45) is 1.53. The molecule has 6 nitrogen and oxygen atoms in total. The van der Waals surface area contributed by atoms with Gasteiger partial charge in [0.15, 0.2) is 11.5 Å². The van der Waals surface area contributed by atoms with Crippen LogP contribution in [-0.2, 0) is 6.61 Å². The van der Waals surface area contributed by atoms with Crippen molar-refractivity contribution in [2.75, 3.05) is 12.3 Å². The number of carbonyl (C=O) groups excluding carboxylic acids is 1. The van der Waals surface area contributed by atoms with Gasteiger partial charge in [-0.15, -0.1) is 0 Å². The highest BCUT2D eigenvalue weighted by Crippen LogP contribution is 2.29. The van der Waals surface area contributed by atoms with Gasteiger partial charge in [0.1, 0.15) is 6.61 Å². The fourth-order valence-electron chi connectivity index (χ4n) is 2.71. The van der Waals surface area contributed by atoms with E-state index in [2.05, 4.69) is 10.5 Å². The van der Waals surface area contributed by atoms with Crippen molar-refractivity contribution >= 4 is 29.4 Å². The predicted molar refractivity (Wildman–Crippen MR) is 119 cm³/mol. The number of amides is 1. The Morgan fingerprint density at radius 3 is 2.67 bits per heavy atom. The molecule has 0 saturated carbocycles. The normalized spacial score (nSPS) is 10.7. The predicted octanol–water partition coefficient (Wildman–Crippen LogP) is 4.66. The quantitative estimate of drug-likeness (QED) is 0.313. The van der Waals surface area contributed by atoms with E-state index >= 15 is 0 Å². The maximum Gasteiger partial charge on any atom is 0.273 e. The topological polar surface area (TPSA) is 85.9 Å². The standard InChI is InChI=1S/C23H22ClN3O3/c1-2-29-22-13-16(14-26-27-23(28)19-8-3-4-9-20(19)25)10-11-21(22)30-15-17-6-5-7-18(24)12-17/h3-14H,2,15,25H2,1H3,(H,27,28)/b26-14+. The van der Waals surface area contributed by atoms with E-state index in [9.17, 15) is 4.79 Å². The van der Waals surface area contributed by atoms with Crippen molar-refractivity contribution in [3.8, 4) is 11.5 Å². The molecular weight excluding hydrogens is 402 g/mol. The number of nitrogens with two attached hydrogens (primary N) is 1. The number of para-hydroxylation sites is 1. The molecule has 7 heteroatoms. The third kappa shape index (κ3) is 5.75. The lowest BCUT2D eigenvalue weighted by Crippen LogP contribution is -2.19. The number of benzene rings is 3. The van der Waals surface area contributed by atoms with Crippen LogP contribution in [-0.4, -0.2) is 18.7 Å². The van der Waals surface area contributed by atoms with E-state index in [1.165, 1.54) is 6.21 Å². The highest BCUT2D eigenvalue weighted by molar-refractivity contribution is 6.30. The molecule has 0 bridgehead atoms. The Morgan fingerprint density at radius 2 is 1.90 bits per heavy atom. The molecule has 0 heterocycles. The van der Waals surface area contributed by atoms with Gasteiger partial charge in [0.05, 0.1) is 18.4 Å². The number of anilines is 1. The van der Waals surface area contributed by atoms with Crippen LogP contribution in [0.1, 0.15) is 28.4 Å². The Hall–Kier alpha value is -3.51. The van der Waals surface area contributed by atoms with E-state index in [0.717, 1.165) is 11.1 Å². The van der Waals surface area contributed by atoms with E-state index in [-0.39, 0.29) is 5.91 Å². The van der Waals surface area contributed by atoms with Crippen LogP contribution in [0.25, 0.3) is 0 Å². The number of ether oxygens (including phenoxy) is 2. The second-order valence-corrected chi connectivity index (χ2v) is 6.78. The Morgan fingerprint density at radius 1 is 1.07 bits per heavy atom. The smallest absolute Gasteiger partial charge is 0.273 e. The SMILES string of the molecule is CCOc1cc(/C=N/NC(=O)c2ccccc2N)ccc1OCc1cccc(Cl)c1. The highest BCUT2D eigenvalue weighted by Gasteiger charge is 2.09. The van der Waals surface area contributed by atoms with Crippen molar-refractivity contribution in [3.05, 3.63) is 88.4 Å². The molecule has 0 aliphatic carbocycles. The molecule has 0 aliphatic heterocycles. The van der Waals surface area contributed by atoms with E-state index in [1.807, 2.05) is 37.3 Å². The largest absolute Gasteiger partial charge is 0.490 e. The van der Waals surface area contributed by atoms with Gasteiger partial charge in [0.2, 0.25) is 0 Å². The summed E-state index contributed by atoms with van der Waals surface area (Å²) in [6, 6.07) is 19.7. The van der Waals surface area contributed by atoms with Crippen molar-refractivity contribution in [2.24, 2.45) is 5.10 Å². The molecule has 0 saturated heterocycles. The Bertz CT molecular complexity index is 1050. The summed E-state index contributed by atoms with van der Waals surface area (Å²) in [4.78, 5) is 12.2. The van der Waals surface area contributed by atoms with Crippen LogP contribution >= 0.6 is 11.6 Å². The number of nitrogens with one attached hydrogen (secondary N) is 1. The monoisotopic (exact) mass is 423 g/mol. The van der Waals surface area contributed by atoms with Crippen LogP contribution < -0.4 is 20.6 Å². The summed E-state index contributed by atoms with van der Waals surface area (Å²) >= 11 is 6.02. The fourth-order valence-corrected chi connectivity index (χ4v) is 2.92. The second-order valence-electron chi connectivity index (χ2n) is 6.34. The molecule has 3 rings (SSSR count). The number of hydrazone groups is 1. The van der Waals surface area contributed by atoms with Crippen LogP contribution in [0.4, 0.5) is 5.69 Å². The van der Waals surface area contributed by atoms with E-state index in [0.29, 0.717) is 41.0 Å². The van der Waals surface area contributed by atoms with E-state index < -0.39 is 0 Å². The second kappa shape index (κ2) is 10.3. The maximum atomic E-state index is 12.2. The van der Waals surface area contributed by atoms with Crippen molar-refractivity contribution in [1.82, 2.24) is 5.43 Å². The average Bonchev–Trinajstić information content (AvgIpc) is 2.74. The van der Waals surface area contributed by atoms with E-state index in [4.69, 9.17) is 26.8 Å². The number of halogens is 1. The number of carbonyl (C=O) groups is 1.